The lowest BCUT2D eigenvalue weighted by atomic mass is 10.1. The predicted octanol–water partition coefficient (Wildman–Crippen LogP) is 2.03. The molecule has 0 spiro atoms. The highest BCUT2D eigenvalue weighted by Crippen LogP contribution is 2.17. The number of ether oxygens (including phenoxy) is 2. The lowest BCUT2D eigenvalue weighted by Gasteiger charge is -2.19. The van der Waals surface area contributed by atoms with Gasteiger partial charge in [-0.1, -0.05) is 32.6 Å². The minimum absolute atomic E-state index is 0.0777. The van der Waals surface area contributed by atoms with Gasteiger partial charge in [-0.3, -0.25) is 9.69 Å². The van der Waals surface area contributed by atoms with E-state index < -0.39 is 12.0 Å². The molecule has 1 saturated heterocycles. The van der Waals surface area contributed by atoms with Gasteiger partial charge in [0.2, 0.25) is 5.91 Å². The van der Waals surface area contributed by atoms with Gasteiger partial charge in [0.25, 0.3) is 5.17 Å². The largest absolute Gasteiger partial charge is 0.468 e. The average molecular weight is 287 g/mol. The molecule has 0 unspecified atom stereocenters. The topological polar surface area (TPSA) is 55.8 Å². The Bertz CT molecular complexity index is 346. The van der Waals surface area contributed by atoms with Crippen LogP contribution in [0.25, 0.3) is 0 Å². The van der Waals surface area contributed by atoms with E-state index in [1.165, 1.54) is 24.9 Å². The predicted molar refractivity (Wildman–Crippen MR) is 74.6 cm³/mol. The van der Waals surface area contributed by atoms with Crippen LogP contribution in [-0.2, 0) is 19.1 Å². The van der Waals surface area contributed by atoms with Crippen molar-refractivity contribution in [3.8, 4) is 0 Å². The molecule has 0 bridgehead atoms. The van der Waals surface area contributed by atoms with Crippen LogP contribution in [0.4, 0.5) is 0 Å². The summed E-state index contributed by atoms with van der Waals surface area (Å²) in [6.07, 6.45) is 5.70. The summed E-state index contributed by atoms with van der Waals surface area (Å²) in [6.45, 7) is 2.24. The quantitative estimate of drug-likeness (QED) is 0.407. The molecule has 1 amide bonds. The van der Waals surface area contributed by atoms with Gasteiger partial charge in [-0.2, -0.15) is 0 Å². The number of hydrogen-bond donors (Lipinski definition) is 0. The van der Waals surface area contributed by atoms with Gasteiger partial charge in [0.05, 0.1) is 7.11 Å². The molecule has 0 aromatic heterocycles. The molecule has 19 heavy (non-hydrogen) atoms. The van der Waals surface area contributed by atoms with Crippen LogP contribution in [-0.4, -0.2) is 41.7 Å². The Hall–Kier alpha value is -1.17. The highest BCUT2D eigenvalue weighted by Gasteiger charge is 2.40. The maximum atomic E-state index is 12.1. The zero-order chi connectivity index (χ0) is 14.3. The maximum absolute atomic E-state index is 12.1. The van der Waals surface area contributed by atoms with Crippen molar-refractivity contribution in [1.29, 1.82) is 0 Å². The van der Waals surface area contributed by atoms with Crippen molar-refractivity contribution < 1.29 is 19.1 Å². The second-order valence-electron chi connectivity index (χ2n) is 4.54. The van der Waals surface area contributed by atoms with Crippen molar-refractivity contribution in [2.75, 3.05) is 13.7 Å². The minimum Gasteiger partial charge on any atom is -0.468 e. The van der Waals surface area contributed by atoms with Gasteiger partial charge in [0.1, 0.15) is 6.61 Å². The molecule has 1 aliphatic heterocycles. The fraction of sp³-hybridized carbons (Fsp3) is 0.769. The molecule has 1 rings (SSSR count). The Morgan fingerprint density at radius 3 is 2.68 bits per heavy atom. The van der Waals surface area contributed by atoms with Gasteiger partial charge in [-0.05, 0) is 18.6 Å². The third-order valence-electron chi connectivity index (χ3n) is 3.11. The lowest BCUT2D eigenvalue weighted by molar-refractivity contribution is -0.148. The fourth-order valence-electron chi connectivity index (χ4n) is 2.01. The van der Waals surface area contributed by atoms with Crippen molar-refractivity contribution in [2.24, 2.45) is 0 Å². The summed E-state index contributed by atoms with van der Waals surface area (Å²) in [4.78, 5) is 24.9. The molecule has 108 valence electrons. The standard InChI is InChI=1S/C13H21NO4S/c1-3-4-5-6-7-8-11(15)14-10(12(16)17-2)9-18-13(14)19/h10H,3-9H2,1-2H3/t10-/m1/s1. The van der Waals surface area contributed by atoms with Crippen molar-refractivity contribution >= 4 is 29.3 Å². The van der Waals surface area contributed by atoms with E-state index in [1.54, 1.807) is 0 Å². The zero-order valence-electron chi connectivity index (χ0n) is 11.5. The van der Waals surface area contributed by atoms with Crippen molar-refractivity contribution in [1.82, 2.24) is 4.90 Å². The molecule has 0 aromatic carbocycles. The first-order valence-corrected chi connectivity index (χ1v) is 7.09. The van der Waals surface area contributed by atoms with Gasteiger partial charge in [0.15, 0.2) is 6.04 Å². The van der Waals surface area contributed by atoms with E-state index in [9.17, 15) is 9.59 Å². The third-order valence-corrected chi connectivity index (χ3v) is 3.42. The first-order chi connectivity index (χ1) is 9.11. The Labute approximate surface area is 119 Å². The summed E-state index contributed by atoms with van der Waals surface area (Å²) < 4.78 is 9.75. The number of rotatable bonds is 7. The van der Waals surface area contributed by atoms with E-state index in [-0.39, 0.29) is 17.7 Å². The number of carbonyl (C=O) groups is 2. The van der Waals surface area contributed by atoms with Gasteiger partial charge in [-0.15, -0.1) is 0 Å². The van der Waals surface area contributed by atoms with E-state index in [2.05, 4.69) is 11.7 Å². The van der Waals surface area contributed by atoms with Gasteiger partial charge >= 0.3 is 5.97 Å². The summed E-state index contributed by atoms with van der Waals surface area (Å²) in [5.74, 6) is -0.645. The molecule has 0 aliphatic carbocycles. The Morgan fingerprint density at radius 2 is 2.05 bits per heavy atom. The number of amides is 1. The van der Waals surface area contributed by atoms with E-state index in [0.717, 1.165) is 19.3 Å². The molecule has 1 fully saturated rings. The summed E-state index contributed by atoms with van der Waals surface area (Å²) in [6, 6.07) is -0.722. The summed E-state index contributed by atoms with van der Waals surface area (Å²) in [7, 11) is 1.29. The maximum Gasteiger partial charge on any atom is 0.332 e. The molecule has 0 saturated carbocycles. The first-order valence-electron chi connectivity index (χ1n) is 6.68. The Morgan fingerprint density at radius 1 is 1.37 bits per heavy atom. The number of unbranched alkanes of at least 4 members (excludes halogenated alkanes) is 4. The van der Waals surface area contributed by atoms with E-state index in [1.807, 2.05) is 0 Å². The Balaban J connectivity index is 2.44. The van der Waals surface area contributed by atoms with Crippen molar-refractivity contribution in [3.05, 3.63) is 0 Å². The van der Waals surface area contributed by atoms with Crippen LogP contribution in [0.3, 0.4) is 0 Å². The van der Waals surface area contributed by atoms with E-state index in [4.69, 9.17) is 17.0 Å². The second-order valence-corrected chi connectivity index (χ2v) is 4.89. The van der Waals surface area contributed by atoms with Crippen LogP contribution in [0.1, 0.15) is 45.4 Å². The first kappa shape index (κ1) is 15.9. The van der Waals surface area contributed by atoms with Crippen LogP contribution >= 0.6 is 12.2 Å². The van der Waals surface area contributed by atoms with Crippen LogP contribution in [0.15, 0.2) is 0 Å². The van der Waals surface area contributed by atoms with E-state index in [0.29, 0.717) is 6.42 Å². The van der Waals surface area contributed by atoms with Crippen LogP contribution in [0.5, 0.6) is 0 Å². The molecule has 0 aromatic rings. The monoisotopic (exact) mass is 287 g/mol. The molecular weight excluding hydrogens is 266 g/mol. The smallest absolute Gasteiger partial charge is 0.332 e. The summed E-state index contributed by atoms with van der Waals surface area (Å²) >= 11 is 4.96. The molecular formula is C13H21NO4S. The molecule has 0 N–H and O–H groups in total. The molecule has 1 heterocycles. The minimum atomic E-state index is -0.722. The average Bonchev–Trinajstić information content (AvgIpc) is 2.79. The van der Waals surface area contributed by atoms with Crippen LogP contribution < -0.4 is 0 Å². The SMILES string of the molecule is CCCCCCCC(=O)N1C(=S)OC[C@@H]1C(=O)OC. The van der Waals surface area contributed by atoms with Crippen LogP contribution in [0.2, 0.25) is 0 Å². The van der Waals surface area contributed by atoms with Gasteiger partial charge in [-0.25, -0.2) is 4.79 Å². The summed E-state index contributed by atoms with van der Waals surface area (Å²) in [5, 5.41) is 0.0777. The number of nitrogens with zero attached hydrogens (tertiary/aromatic N) is 1. The number of methoxy groups -OCH3 is 1. The fourth-order valence-corrected chi connectivity index (χ4v) is 2.30. The second kappa shape index (κ2) is 8.09. The lowest BCUT2D eigenvalue weighted by Crippen LogP contribution is -2.43. The normalized spacial score (nSPS) is 18.3. The van der Waals surface area contributed by atoms with Gasteiger partial charge < -0.3 is 9.47 Å². The molecule has 1 atom stereocenters. The van der Waals surface area contributed by atoms with Crippen LogP contribution in [0, 0.1) is 0 Å². The van der Waals surface area contributed by atoms with Crippen molar-refractivity contribution in [2.45, 2.75) is 51.5 Å². The van der Waals surface area contributed by atoms with Gasteiger partial charge in [0, 0.05) is 6.42 Å². The number of carbonyl (C=O) groups excluding carboxylic acids is 2. The third kappa shape index (κ3) is 4.45. The highest BCUT2D eigenvalue weighted by atomic mass is 32.1. The Kier molecular flexibility index (Phi) is 6.77. The summed E-state index contributed by atoms with van der Waals surface area (Å²) in [5.41, 5.74) is 0. The van der Waals surface area contributed by atoms with Crippen molar-refractivity contribution in [3.63, 3.8) is 0 Å². The number of thiocarbonyl (C=S) groups is 1. The zero-order valence-corrected chi connectivity index (χ0v) is 12.3. The molecule has 0 radical (unpaired) electrons. The molecule has 6 heteroatoms. The molecule has 1 aliphatic rings. The number of esters is 1. The number of hydrogen-bond acceptors (Lipinski definition) is 5. The highest BCUT2D eigenvalue weighted by molar-refractivity contribution is 7.80. The van der Waals surface area contributed by atoms with E-state index >= 15 is 0 Å². The molecule has 5 nitrogen and oxygen atoms in total.